The Labute approximate surface area is 138 Å². The van der Waals surface area contributed by atoms with Gasteiger partial charge in [0.1, 0.15) is 11.4 Å². The number of aromatic nitrogens is 2. The summed E-state index contributed by atoms with van der Waals surface area (Å²) in [5.41, 5.74) is 7.95. The normalized spacial score (nSPS) is 10.5. The SMILES string of the molecule is CCOC(=O)c1c(C)nn(C(=S)SCc2ccccc2)c1N. The Hall–Kier alpha value is -1.86. The van der Waals surface area contributed by atoms with Crippen LogP contribution in [0.25, 0.3) is 0 Å². The lowest BCUT2D eigenvalue weighted by Gasteiger charge is -2.06. The zero-order valence-corrected chi connectivity index (χ0v) is 14.0. The van der Waals surface area contributed by atoms with Gasteiger partial charge in [-0.2, -0.15) is 9.78 Å². The summed E-state index contributed by atoms with van der Waals surface area (Å²) in [4.78, 5) is 11.9. The van der Waals surface area contributed by atoms with Crippen molar-refractivity contribution in [2.24, 2.45) is 0 Å². The fraction of sp³-hybridized carbons (Fsp3) is 0.267. The van der Waals surface area contributed by atoms with Crippen LogP contribution in [0.3, 0.4) is 0 Å². The molecule has 0 unspecified atom stereocenters. The highest BCUT2D eigenvalue weighted by Gasteiger charge is 2.22. The molecule has 0 aliphatic heterocycles. The number of aryl methyl sites for hydroxylation is 1. The van der Waals surface area contributed by atoms with Crippen LogP contribution in [0.5, 0.6) is 0 Å². The molecule has 1 aromatic carbocycles. The Morgan fingerprint density at radius 3 is 2.73 bits per heavy atom. The second kappa shape index (κ2) is 7.42. The smallest absolute Gasteiger partial charge is 0.343 e. The predicted octanol–water partition coefficient (Wildman–Crippen LogP) is 3.02. The van der Waals surface area contributed by atoms with Crippen molar-refractivity contribution in [2.75, 3.05) is 12.3 Å². The second-order valence-electron chi connectivity index (χ2n) is 4.52. The van der Waals surface area contributed by atoms with Crippen molar-refractivity contribution in [3.63, 3.8) is 0 Å². The van der Waals surface area contributed by atoms with Gasteiger partial charge in [0.25, 0.3) is 0 Å². The second-order valence-corrected chi connectivity index (χ2v) is 6.13. The molecular weight excluding hydrogens is 318 g/mol. The summed E-state index contributed by atoms with van der Waals surface area (Å²) in [6, 6.07) is 9.97. The van der Waals surface area contributed by atoms with E-state index in [2.05, 4.69) is 5.10 Å². The van der Waals surface area contributed by atoms with E-state index in [0.29, 0.717) is 15.8 Å². The number of esters is 1. The molecule has 1 aromatic heterocycles. The minimum atomic E-state index is -0.473. The van der Waals surface area contributed by atoms with Gasteiger partial charge in [-0.1, -0.05) is 54.3 Å². The van der Waals surface area contributed by atoms with Crippen LogP contribution in [0.2, 0.25) is 0 Å². The lowest BCUT2D eigenvalue weighted by atomic mass is 10.2. The molecule has 5 nitrogen and oxygen atoms in total. The summed E-state index contributed by atoms with van der Waals surface area (Å²) in [6.07, 6.45) is 0. The van der Waals surface area contributed by atoms with E-state index in [9.17, 15) is 4.79 Å². The number of carbonyl (C=O) groups is 1. The van der Waals surface area contributed by atoms with Crippen LogP contribution in [0.4, 0.5) is 5.82 Å². The van der Waals surface area contributed by atoms with Gasteiger partial charge in [-0.3, -0.25) is 0 Å². The molecule has 2 aromatic rings. The van der Waals surface area contributed by atoms with Crippen molar-refractivity contribution in [1.82, 2.24) is 9.78 Å². The maximum absolute atomic E-state index is 11.9. The number of carbonyl (C=O) groups excluding carboxylic acids is 1. The maximum atomic E-state index is 11.9. The number of rotatable bonds is 4. The molecule has 22 heavy (non-hydrogen) atoms. The Kier molecular flexibility index (Phi) is 5.57. The average molecular weight is 335 g/mol. The fourth-order valence-electron chi connectivity index (χ4n) is 1.92. The number of thioether (sulfide) groups is 1. The number of benzene rings is 1. The maximum Gasteiger partial charge on any atom is 0.343 e. The van der Waals surface area contributed by atoms with E-state index in [1.165, 1.54) is 16.4 Å². The molecule has 0 aliphatic carbocycles. The van der Waals surface area contributed by atoms with Crippen LogP contribution < -0.4 is 5.73 Å². The van der Waals surface area contributed by atoms with Gasteiger partial charge >= 0.3 is 5.97 Å². The summed E-state index contributed by atoms with van der Waals surface area (Å²) in [5.74, 6) is 0.466. The molecule has 2 N–H and O–H groups in total. The number of nitrogen functional groups attached to an aromatic ring is 1. The molecule has 0 fully saturated rings. The van der Waals surface area contributed by atoms with Crippen molar-refractivity contribution in [3.05, 3.63) is 47.2 Å². The molecule has 1 heterocycles. The van der Waals surface area contributed by atoms with Crippen LogP contribution in [-0.4, -0.2) is 26.7 Å². The minimum absolute atomic E-state index is 0.224. The first-order chi connectivity index (χ1) is 10.5. The van der Waals surface area contributed by atoms with Crippen LogP contribution in [0, 0.1) is 6.92 Å². The fourth-order valence-corrected chi connectivity index (χ4v) is 2.98. The van der Waals surface area contributed by atoms with Gasteiger partial charge in [-0.25, -0.2) is 4.79 Å². The van der Waals surface area contributed by atoms with Crippen LogP contribution in [0.1, 0.15) is 28.5 Å². The molecular formula is C15H17N3O2S2. The van der Waals surface area contributed by atoms with Gasteiger partial charge in [0, 0.05) is 5.75 Å². The van der Waals surface area contributed by atoms with E-state index in [4.69, 9.17) is 22.7 Å². The van der Waals surface area contributed by atoms with Gasteiger partial charge < -0.3 is 10.5 Å². The number of thiocarbonyl (C=S) groups is 1. The Bertz CT molecular complexity index is 684. The zero-order chi connectivity index (χ0) is 16.1. The summed E-state index contributed by atoms with van der Waals surface area (Å²) < 4.78 is 6.91. The third-order valence-electron chi connectivity index (χ3n) is 2.95. The van der Waals surface area contributed by atoms with E-state index in [0.717, 1.165) is 5.56 Å². The molecule has 2 rings (SSSR count). The third kappa shape index (κ3) is 3.66. The van der Waals surface area contributed by atoms with Gasteiger partial charge in [-0.15, -0.1) is 0 Å². The van der Waals surface area contributed by atoms with Crippen molar-refractivity contribution >= 4 is 40.1 Å². The van der Waals surface area contributed by atoms with Gasteiger partial charge in [0.15, 0.2) is 4.32 Å². The predicted molar refractivity (Wildman–Crippen MR) is 93.1 cm³/mol. The van der Waals surface area contributed by atoms with Gasteiger partial charge in [0.05, 0.1) is 12.3 Å². The van der Waals surface area contributed by atoms with Crippen molar-refractivity contribution in [2.45, 2.75) is 19.6 Å². The van der Waals surface area contributed by atoms with Crippen molar-refractivity contribution < 1.29 is 9.53 Å². The topological polar surface area (TPSA) is 70.1 Å². The Morgan fingerprint density at radius 2 is 2.09 bits per heavy atom. The first-order valence-corrected chi connectivity index (χ1v) is 8.17. The minimum Gasteiger partial charge on any atom is -0.462 e. The molecule has 7 heteroatoms. The number of anilines is 1. The van der Waals surface area contributed by atoms with E-state index in [1.807, 2.05) is 30.3 Å². The molecule has 0 saturated heterocycles. The van der Waals surface area contributed by atoms with Crippen molar-refractivity contribution in [1.29, 1.82) is 0 Å². The Morgan fingerprint density at radius 1 is 1.41 bits per heavy atom. The summed E-state index contributed by atoms with van der Waals surface area (Å²) in [5, 5.41) is 4.25. The van der Waals surface area contributed by atoms with E-state index in [1.54, 1.807) is 13.8 Å². The molecule has 0 aliphatic rings. The first-order valence-electron chi connectivity index (χ1n) is 6.77. The standard InChI is InChI=1S/C15H17N3O2S2/c1-3-20-14(19)12-10(2)17-18(13(12)16)15(21)22-9-11-7-5-4-6-8-11/h4-8H,3,9,16H2,1-2H3. The van der Waals surface area contributed by atoms with Gasteiger partial charge in [0.2, 0.25) is 0 Å². The van der Waals surface area contributed by atoms with Crippen LogP contribution in [0.15, 0.2) is 30.3 Å². The summed E-state index contributed by atoms with van der Waals surface area (Å²) >= 11 is 6.81. The zero-order valence-electron chi connectivity index (χ0n) is 12.4. The van der Waals surface area contributed by atoms with E-state index in [-0.39, 0.29) is 18.0 Å². The first kappa shape index (κ1) is 16.5. The van der Waals surface area contributed by atoms with E-state index >= 15 is 0 Å². The largest absolute Gasteiger partial charge is 0.462 e. The summed E-state index contributed by atoms with van der Waals surface area (Å²) in [7, 11) is 0. The molecule has 0 spiro atoms. The molecule has 0 atom stereocenters. The van der Waals surface area contributed by atoms with Gasteiger partial charge in [-0.05, 0) is 19.4 Å². The number of nitrogens with zero attached hydrogens (tertiary/aromatic N) is 2. The quantitative estimate of drug-likeness (QED) is 0.684. The number of nitrogens with two attached hydrogens (primary N) is 1. The average Bonchev–Trinajstić information content (AvgIpc) is 2.81. The summed E-state index contributed by atoms with van der Waals surface area (Å²) in [6.45, 7) is 3.74. The lowest BCUT2D eigenvalue weighted by molar-refractivity contribution is 0.0527. The highest BCUT2D eigenvalue weighted by molar-refractivity contribution is 8.22. The monoisotopic (exact) mass is 335 g/mol. The van der Waals surface area contributed by atoms with Crippen molar-refractivity contribution in [3.8, 4) is 0 Å². The van der Waals surface area contributed by atoms with Crippen LogP contribution in [-0.2, 0) is 10.5 Å². The molecule has 0 radical (unpaired) electrons. The number of hydrogen-bond donors (Lipinski definition) is 1. The highest BCUT2D eigenvalue weighted by atomic mass is 32.2. The number of ether oxygens (including phenoxy) is 1. The highest BCUT2D eigenvalue weighted by Crippen LogP contribution is 2.22. The Balaban J connectivity index is 2.13. The molecule has 0 amide bonds. The number of hydrogen-bond acceptors (Lipinski definition) is 6. The van der Waals surface area contributed by atoms with E-state index < -0.39 is 5.97 Å². The molecule has 0 saturated carbocycles. The third-order valence-corrected chi connectivity index (χ3v) is 4.38. The molecule has 116 valence electrons. The van der Waals surface area contributed by atoms with Crippen LogP contribution >= 0.6 is 24.0 Å². The molecule has 0 bridgehead atoms. The lowest BCUT2D eigenvalue weighted by Crippen LogP contribution is -2.13.